The second kappa shape index (κ2) is 41.3. The second-order valence-electron chi connectivity index (χ2n) is 20.1. The van der Waals surface area contributed by atoms with Crippen molar-refractivity contribution in [1.82, 2.24) is 30.2 Å². The van der Waals surface area contributed by atoms with Crippen LogP contribution in [-0.4, -0.2) is 258 Å². The zero-order chi connectivity index (χ0) is 73.1. The van der Waals surface area contributed by atoms with Gasteiger partial charge in [-0.3, -0.25) is 62.3 Å². The molecule has 0 aromatic heterocycles. The molecular weight excluding hydrogens is 2300 g/mol. The second-order valence-corrected chi connectivity index (χ2v) is 29.8. The van der Waals surface area contributed by atoms with Crippen LogP contribution in [0.5, 0.6) is 0 Å². The topological polar surface area (TPSA) is 453 Å². The van der Waals surface area contributed by atoms with Gasteiger partial charge in [-0.15, -0.1) is 0 Å². The van der Waals surface area contributed by atoms with E-state index in [0.29, 0.717) is 0 Å². The molecule has 32 nitrogen and oxygen atoms in total. The van der Waals surface area contributed by atoms with Crippen LogP contribution in [0.1, 0.15) is 89.8 Å². The van der Waals surface area contributed by atoms with E-state index in [9.17, 15) is 88.2 Å². The highest BCUT2D eigenvalue weighted by Crippen LogP contribution is 2.40. The molecule has 0 saturated heterocycles. The van der Waals surface area contributed by atoms with Crippen molar-refractivity contribution < 1.29 is 112 Å². The maximum Gasteiger partial charge on any atom is 0.303 e. The number of nitrogens with zero attached hydrogens (tertiary/aromatic N) is 4. The van der Waals surface area contributed by atoms with Gasteiger partial charge in [0.15, 0.2) is 13.2 Å². The highest BCUT2D eigenvalue weighted by atomic mass is 127. The molecule has 0 heterocycles. The summed E-state index contributed by atoms with van der Waals surface area (Å²) in [5.41, 5.74) is -1.55. The molecule has 0 saturated carbocycles. The largest absolute Gasteiger partial charge is 0.461 e. The predicted molar refractivity (Wildman–Crippen MR) is 416 cm³/mol. The highest BCUT2D eigenvalue weighted by Gasteiger charge is 2.37. The molecular formula is C55H62I9N9O23. The minimum Gasteiger partial charge on any atom is -0.461 e. The van der Waals surface area contributed by atoms with Crippen molar-refractivity contribution in [2.24, 2.45) is 0 Å². The summed E-state index contributed by atoms with van der Waals surface area (Å²) in [6.45, 7) is -3.44. The van der Waals surface area contributed by atoms with Crippen LogP contribution in [-0.2, 0) is 52.5 Å². The van der Waals surface area contributed by atoms with Gasteiger partial charge < -0.3 is 95.8 Å². The van der Waals surface area contributed by atoms with Crippen molar-refractivity contribution >= 4 is 297 Å². The maximum atomic E-state index is 15.7. The molecule has 3 aromatic carbocycles. The summed E-state index contributed by atoms with van der Waals surface area (Å²) in [6.07, 6.45) is -5.99. The summed E-state index contributed by atoms with van der Waals surface area (Å²) in [4.78, 5) is 181. The van der Waals surface area contributed by atoms with Crippen molar-refractivity contribution in [2.45, 2.75) is 52.1 Å². The van der Waals surface area contributed by atoms with Gasteiger partial charge in [-0.25, -0.2) is 0 Å². The third kappa shape index (κ3) is 24.4. The average molecular weight is 2360 g/mol. The first-order valence-electron chi connectivity index (χ1n) is 27.4. The van der Waals surface area contributed by atoms with E-state index in [4.69, 9.17) is 18.9 Å². The monoisotopic (exact) mass is 2360 g/mol. The Balaban J connectivity index is 2.43. The van der Waals surface area contributed by atoms with E-state index in [-0.39, 0.29) is 95.7 Å². The number of esters is 4. The van der Waals surface area contributed by atoms with Gasteiger partial charge in [-0.2, -0.15) is 0 Å². The number of hydrogen-bond donors (Lipinski definition) is 11. The van der Waals surface area contributed by atoms with E-state index < -0.39 is 174 Å². The van der Waals surface area contributed by atoms with Crippen LogP contribution in [0.3, 0.4) is 0 Å². The first-order chi connectivity index (χ1) is 44.8. The van der Waals surface area contributed by atoms with Gasteiger partial charge >= 0.3 is 23.9 Å². The Morgan fingerprint density at radius 1 is 0.406 bits per heavy atom. The van der Waals surface area contributed by atoms with E-state index in [1.165, 1.54) is 21.1 Å². The quantitative estimate of drug-likeness (QED) is 0.0242. The summed E-state index contributed by atoms with van der Waals surface area (Å²) in [5, 5.41) is 73.0. The van der Waals surface area contributed by atoms with E-state index in [1.807, 2.05) is 0 Å². The first-order valence-corrected chi connectivity index (χ1v) is 37.1. The lowest BCUT2D eigenvalue weighted by Crippen LogP contribution is -2.44. The summed E-state index contributed by atoms with van der Waals surface area (Å²) in [6, 6.07) is 0. The molecule has 4 unspecified atom stereocenters. The molecule has 11 N–H and O–H groups in total. The molecule has 9 amide bonds. The molecule has 96 heavy (non-hydrogen) atoms. The average Bonchev–Trinajstić information content (AvgIpc) is 0.778. The van der Waals surface area contributed by atoms with E-state index in [1.54, 1.807) is 203 Å². The molecule has 528 valence electrons. The van der Waals surface area contributed by atoms with Gasteiger partial charge in [0, 0.05) is 105 Å². The van der Waals surface area contributed by atoms with E-state index in [2.05, 4.69) is 26.6 Å². The Morgan fingerprint density at radius 3 is 1.00 bits per heavy atom. The number of likely N-dealkylation sites (N-methyl/N-ethyl adjacent to an activating group) is 3. The Hall–Kier alpha value is -2.90. The fourth-order valence-electron chi connectivity index (χ4n) is 8.12. The standard InChI is InChI=1S/C55H62I9N9O23/c1-21(77)93-18-28(96-24(4)80)49(86)69-48-44(63)35(54(91)72(7)14-27(83)17-76)39(58)36(45(48)64)55(92)73(10-8-65-50(87)31-37(56)33(52(89)70(5)12-25(81)15-74)42(61)46(40(31)59)67-29(84)19-94-22(2)78)11-9-66-51(88)32-38(57)34(53(90)71(6)13-26(82)16-75)43(62)47(41(32)60)68-30(85)20-95-23(3)79/h25-28,74-76,81-83H,8-20H2,1-7H3,(H,65,87)(H,66,88)(H,67,84)(H,68,85)(H,69,86). The SMILES string of the molecule is CC(=O)OCC(=O)Nc1c(I)c(C(=O)NCCN(CCNC(=O)c2c(I)c(NC(=O)COC(C)=O)c(I)c(C(=O)N(C)CC(O)CO)c2I)C(=O)c2c(I)c(NC(=O)C(COC(C)=O)OC(C)=O)c(I)c(C(=O)N(C)CC(O)CO)c2I)c(I)c(C(=O)N(C)CC(O)CO)c1I. The number of carbonyl (C=O) groups excluding carboxylic acids is 13. The Labute approximate surface area is 671 Å². The number of benzene rings is 3. The normalized spacial score (nSPS) is 12.1. The van der Waals surface area contributed by atoms with Crippen LogP contribution in [0.15, 0.2) is 0 Å². The molecule has 41 heteroatoms. The van der Waals surface area contributed by atoms with Gasteiger partial charge in [0.1, 0.15) is 6.61 Å². The minimum atomic E-state index is -1.79. The van der Waals surface area contributed by atoms with E-state index in [0.717, 1.165) is 47.3 Å². The molecule has 0 radical (unpaired) electrons. The number of halogens is 9. The lowest BCUT2D eigenvalue weighted by atomic mass is 10.1. The summed E-state index contributed by atoms with van der Waals surface area (Å²) >= 11 is 15.7. The van der Waals surface area contributed by atoms with Gasteiger partial charge in [-0.1, -0.05) is 0 Å². The number of carbonyl (C=O) groups is 13. The van der Waals surface area contributed by atoms with Crippen LogP contribution in [0.25, 0.3) is 0 Å². The van der Waals surface area contributed by atoms with Crippen molar-refractivity contribution in [3.8, 4) is 0 Å². The Morgan fingerprint density at radius 2 is 0.698 bits per heavy atom. The molecule has 3 aromatic rings. The Bertz CT molecular complexity index is 3410. The molecule has 0 fully saturated rings. The third-order valence-electron chi connectivity index (χ3n) is 12.6. The van der Waals surface area contributed by atoms with Crippen LogP contribution in [0.2, 0.25) is 0 Å². The molecule has 0 aliphatic rings. The number of aliphatic hydroxyl groups excluding tert-OH is 6. The maximum absolute atomic E-state index is 15.7. The summed E-state index contributed by atoms with van der Waals surface area (Å²) in [5.74, 6) is -11.3. The van der Waals surface area contributed by atoms with Crippen molar-refractivity contribution in [3.63, 3.8) is 0 Å². The number of anilines is 3. The van der Waals surface area contributed by atoms with Crippen LogP contribution < -0.4 is 26.6 Å². The molecule has 0 bridgehead atoms. The van der Waals surface area contributed by atoms with Crippen LogP contribution in [0, 0.1) is 32.1 Å². The van der Waals surface area contributed by atoms with Gasteiger partial charge in [0.05, 0.1) is 110 Å². The number of ether oxygens (including phenoxy) is 4. The molecule has 0 spiro atoms. The third-order valence-corrected chi connectivity index (χ3v) is 22.3. The fourth-order valence-corrected chi connectivity index (χ4v) is 21.3. The summed E-state index contributed by atoms with van der Waals surface area (Å²) in [7, 11) is 3.91. The Kier molecular flexibility index (Phi) is 37.5. The molecule has 4 atom stereocenters. The minimum absolute atomic E-state index is 0.00338. The molecule has 0 aliphatic carbocycles. The number of aliphatic hydroxyl groups is 6. The van der Waals surface area contributed by atoms with Gasteiger partial charge in [0.25, 0.3) is 53.2 Å². The van der Waals surface area contributed by atoms with Gasteiger partial charge in [-0.05, 0) is 203 Å². The molecule has 3 rings (SSSR count). The first kappa shape index (κ1) is 87.3. The molecule has 0 aliphatic heterocycles. The van der Waals surface area contributed by atoms with Crippen molar-refractivity contribution in [1.29, 1.82) is 0 Å². The predicted octanol–water partition coefficient (Wildman–Crippen LogP) is 2.14. The van der Waals surface area contributed by atoms with Crippen LogP contribution >= 0.6 is 203 Å². The smallest absolute Gasteiger partial charge is 0.303 e. The lowest BCUT2D eigenvalue weighted by molar-refractivity contribution is -0.160. The fraction of sp³-hybridized carbons (Fsp3) is 0.436. The van der Waals surface area contributed by atoms with E-state index >= 15 is 4.79 Å². The van der Waals surface area contributed by atoms with Gasteiger partial charge in [0.2, 0.25) is 6.10 Å². The van der Waals surface area contributed by atoms with Crippen molar-refractivity contribution in [3.05, 3.63) is 65.5 Å². The summed E-state index contributed by atoms with van der Waals surface area (Å²) < 4.78 is 20.2. The highest BCUT2D eigenvalue weighted by molar-refractivity contribution is 14.1. The number of hydrogen-bond acceptors (Lipinski definition) is 23. The number of amides is 9. The van der Waals surface area contributed by atoms with Crippen molar-refractivity contribution in [2.75, 3.05) is 123 Å². The number of rotatable bonds is 32. The lowest BCUT2D eigenvalue weighted by Gasteiger charge is -2.28. The zero-order valence-corrected chi connectivity index (χ0v) is 70.7. The zero-order valence-electron chi connectivity index (χ0n) is 51.3. The van der Waals surface area contributed by atoms with Crippen LogP contribution in [0.4, 0.5) is 17.1 Å². The number of nitrogens with one attached hydrogen (secondary N) is 5.